The van der Waals surface area contributed by atoms with Crippen LogP contribution in [0.2, 0.25) is 0 Å². The van der Waals surface area contributed by atoms with Crippen molar-refractivity contribution in [3.63, 3.8) is 0 Å². The van der Waals surface area contributed by atoms with Gasteiger partial charge in [-0.05, 0) is 55.3 Å². The van der Waals surface area contributed by atoms with Crippen LogP contribution in [0.15, 0.2) is 70.0 Å². The van der Waals surface area contributed by atoms with Crippen LogP contribution >= 0.6 is 0 Å². The van der Waals surface area contributed by atoms with Crippen molar-refractivity contribution in [1.82, 2.24) is 4.90 Å². The quantitative estimate of drug-likeness (QED) is 0.619. The summed E-state index contributed by atoms with van der Waals surface area (Å²) in [6.07, 6.45) is 0. The molecule has 0 aliphatic carbocycles. The number of carbonyl (C=O) groups is 1. The largest absolute Gasteiger partial charge is 0.455 e. The molecule has 1 fully saturated rings. The molecular weight excluding hydrogens is 396 g/mol. The van der Waals surface area contributed by atoms with E-state index in [0.717, 1.165) is 18.0 Å². The van der Waals surface area contributed by atoms with Crippen LogP contribution in [0, 0.1) is 13.8 Å². The highest BCUT2D eigenvalue weighted by atomic mass is 32.2. The standard InChI is InChI=1S/C24H26N2O3S/c1-18-8-9-19(2)22(16-18)25-12-14-26(15-13-25)24(27)23-11-10-20(29-23)17-30(28)21-6-4-3-5-7-21/h3-11,16H,12-15,17H2,1-2H3. The fourth-order valence-electron chi connectivity index (χ4n) is 3.72. The molecule has 0 saturated carbocycles. The maximum Gasteiger partial charge on any atom is 0.289 e. The lowest BCUT2D eigenvalue weighted by molar-refractivity contribution is 0.0713. The van der Waals surface area contributed by atoms with Crippen LogP contribution in [0.25, 0.3) is 0 Å². The van der Waals surface area contributed by atoms with Gasteiger partial charge in [0, 0.05) is 36.8 Å². The average Bonchev–Trinajstić information content (AvgIpc) is 3.24. The fourth-order valence-corrected chi connectivity index (χ4v) is 4.76. The number of nitrogens with zero attached hydrogens (tertiary/aromatic N) is 2. The number of hydrogen-bond donors (Lipinski definition) is 0. The zero-order chi connectivity index (χ0) is 21.1. The molecule has 30 heavy (non-hydrogen) atoms. The molecule has 1 aromatic heterocycles. The molecule has 2 heterocycles. The number of hydrogen-bond acceptors (Lipinski definition) is 4. The van der Waals surface area contributed by atoms with Crippen LogP contribution in [0.1, 0.15) is 27.4 Å². The van der Waals surface area contributed by atoms with E-state index in [4.69, 9.17) is 4.42 Å². The first-order chi connectivity index (χ1) is 14.5. The number of amides is 1. The molecule has 2 aromatic carbocycles. The molecule has 1 atom stereocenters. The number of anilines is 1. The van der Waals surface area contributed by atoms with Crippen molar-refractivity contribution in [2.75, 3.05) is 31.1 Å². The highest BCUT2D eigenvalue weighted by Gasteiger charge is 2.25. The molecular formula is C24H26N2O3S. The third kappa shape index (κ3) is 4.49. The van der Waals surface area contributed by atoms with E-state index in [1.165, 1.54) is 16.8 Å². The Bertz CT molecular complexity index is 1050. The van der Waals surface area contributed by atoms with E-state index in [1.807, 2.05) is 35.2 Å². The van der Waals surface area contributed by atoms with Gasteiger partial charge in [0.2, 0.25) is 0 Å². The van der Waals surface area contributed by atoms with Crippen LogP contribution in [0.5, 0.6) is 0 Å². The van der Waals surface area contributed by atoms with Gasteiger partial charge in [0.15, 0.2) is 5.76 Å². The minimum atomic E-state index is -1.19. The first kappa shape index (κ1) is 20.4. The molecule has 0 radical (unpaired) electrons. The SMILES string of the molecule is Cc1ccc(C)c(N2CCN(C(=O)c3ccc(CS(=O)c4ccccc4)o3)CC2)c1. The van der Waals surface area contributed by atoms with Gasteiger partial charge in [0.25, 0.3) is 5.91 Å². The summed E-state index contributed by atoms with van der Waals surface area (Å²) in [5.41, 5.74) is 3.73. The van der Waals surface area contributed by atoms with E-state index >= 15 is 0 Å². The van der Waals surface area contributed by atoms with Crippen molar-refractivity contribution in [3.05, 3.63) is 83.3 Å². The second-order valence-electron chi connectivity index (χ2n) is 7.64. The van der Waals surface area contributed by atoms with Crippen molar-refractivity contribution in [2.24, 2.45) is 0 Å². The average molecular weight is 423 g/mol. The van der Waals surface area contributed by atoms with Gasteiger partial charge in [0.1, 0.15) is 5.76 Å². The molecule has 1 aliphatic heterocycles. The number of aryl methyl sites for hydroxylation is 2. The Morgan fingerprint density at radius 3 is 2.43 bits per heavy atom. The van der Waals surface area contributed by atoms with E-state index in [-0.39, 0.29) is 11.7 Å². The zero-order valence-corrected chi connectivity index (χ0v) is 18.2. The van der Waals surface area contributed by atoms with Crippen molar-refractivity contribution in [3.8, 4) is 0 Å². The fraction of sp³-hybridized carbons (Fsp3) is 0.292. The van der Waals surface area contributed by atoms with Gasteiger partial charge >= 0.3 is 0 Å². The lowest BCUT2D eigenvalue weighted by Crippen LogP contribution is -2.49. The number of benzene rings is 2. The molecule has 156 valence electrons. The molecule has 1 amide bonds. The third-order valence-electron chi connectivity index (χ3n) is 5.42. The lowest BCUT2D eigenvalue weighted by Gasteiger charge is -2.36. The Balaban J connectivity index is 1.37. The predicted molar refractivity (Wildman–Crippen MR) is 119 cm³/mol. The zero-order valence-electron chi connectivity index (χ0n) is 17.3. The smallest absolute Gasteiger partial charge is 0.289 e. The summed E-state index contributed by atoms with van der Waals surface area (Å²) in [4.78, 5) is 17.8. The second kappa shape index (κ2) is 8.88. The maximum atomic E-state index is 12.9. The maximum absolute atomic E-state index is 12.9. The number of furan rings is 1. The van der Waals surface area contributed by atoms with Crippen LogP contribution in [0.3, 0.4) is 0 Å². The van der Waals surface area contributed by atoms with Gasteiger partial charge < -0.3 is 14.2 Å². The summed E-state index contributed by atoms with van der Waals surface area (Å²) in [7, 11) is -1.19. The van der Waals surface area contributed by atoms with Gasteiger partial charge in [-0.25, -0.2) is 0 Å². The Hall–Kier alpha value is -2.86. The van der Waals surface area contributed by atoms with Gasteiger partial charge in [-0.1, -0.05) is 30.3 Å². The minimum absolute atomic E-state index is 0.104. The molecule has 0 spiro atoms. The van der Waals surface area contributed by atoms with Crippen LogP contribution in [-0.4, -0.2) is 41.2 Å². The highest BCUT2D eigenvalue weighted by Crippen LogP contribution is 2.24. The Kier molecular flexibility index (Phi) is 6.04. The summed E-state index contributed by atoms with van der Waals surface area (Å²) < 4.78 is 18.2. The molecule has 1 aliphatic rings. The van der Waals surface area contributed by atoms with E-state index < -0.39 is 10.8 Å². The van der Waals surface area contributed by atoms with Crippen molar-refractivity contribution in [1.29, 1.82) is 0 Å². The normalized spacial score (nSPS) is 15.3. The molecule has 0 N–H and O–H groups in total. The molecule has 4 rings (SSSR count). The summed E-state index contributed by atoms with van der Waals surface area (Å²) in [6.45, 7) is 7.11. The van der Waals surface area contributed by atoms with Gasteiger partial charge in [-0.3, -0.25) is 9.00 Å². The van der Waals surface area contributed by atoms with E-state index in [0.29, 0.717) is 24.6 Å². The molecule has 5 nitrogen and oxygen atoms in total. The second-order valence-corrected chi connectivity index (χ2v) is 9.09. The lowest BCUT2D eigenvalue weighted by atomic mass is 10.1. The Morgan fingerprint density at radius 1 is 0.967 bits per heavy atom. The van der Waals surface area contributed by atoms with Crippen LogP contribution < -0.4 is 4.90 Å². The van der Waals surface area contributed by atoms with Gasteiger partial charge in [-0.2, -0.15) is 0 Å². The van der Waals surface area contributed by atoms with Crippen molar-refractivity contribution in [2.45, 2.75) is 24.5 Å². The predicted octanol–water partition coefficient (Wildman–Crippen LogP) is 4.17. The number of rotatable bonds is 5. The van der Waals surface area contributed by atoms with E-state index in [1.54, 1.807) is 12.1 Å². The highest BCUT2D eigenvalue weighted by molar-refractivity contribution is 7.84. The van der Waals surface area contributed by atoms with Crippen LogP contribution in [0.4, 0.5) is 5.69 Å². The molecule has 1 unspecified atom stereocenters. The molecule has 0 bridgehead atoms. The Labute approximate surface area is 179 Å². The first-order valence-electron chi connectivity index (χ1n) is 10.1. The number of piperazine rings is 1. The van der Waals surface area contributed by atoms with E-state index in [2.05, 4.69) is 36.9 Å². The van der Waals surface area contributed by atoms with Gasteiger partial charge in [-0.15, -0.1) is 0 Å². The van der Waals surface area contributed by atoms with Crippen LogP contribution in [-0.2, 0) is 16.6 Å². The summed E-state index contributed by atoms with van der Waals surface area (Å²) in [5, 5.41) is 0. The van der Waals surface area contributed by atoms with Crippen molar-refractivity contribution >= 4 is 22.4 Å². The molecule has 6 heteroatoms. The summed E-state index contributed by atoms with van der Waals surface area (Å²) in [6, 6.07) is 19.2. The van der Waals surface area contributed by atoms with Gasteiger partial charge in [0.05, 0.1) is 16.6 Å². The summed E-state index contributed by atoms with van der Waals surface area (Å²) >= 11 is 0. The monoisotopic (exact) mass is 422 g/mol. The Morgan fingerprint density at radius 2 is 1.70 bits per heavy atom. The molecule has 1 saturated heterocycles. The summed E-state index contributed by atoms with van der Waals surface area (Å²) in [5.74, 6) is 1.04. The topological polar surface area (TPSA) is 53.8 Å². The minimum Gasteiger partial charge on any atom is -0.455 e. The van der Waals surface area contributed by atoms with E-state index in [9.17, 15) is 9.00 Å². The van der Waals surface area contributed by atoms with Crippen molar-refractivity contribution < 1.29 is 13.4 Å². The number of carbonyl (C=O) groups excluding carboxylic acids is 1. The first-order valence-corrected chi connectivity index (χ1v) is 11.5. The molecule has 3 aromatic rings. The third-order valence-corrected chi connectivity index (χ3v) is 6.77.